The molecule has 1 aromatic heterocycles. The smallest absolute Gasteiger partial charge is 0.111 e. The third-order valence-electron chi connectivity index (χ3n) is 3.87. The molecule has 108 valence electrons. The number of nitrogens with zero attached hydrogens (tertiary/aromatic N) is 2. The van der Waals surface area contributed by atoms with E-state index in [4.69, 9.17) is 4.98 Å². The van der Waals surface area contributed by atoms with Crippen molar-refractivity contribution < 1.29 is 0 Å². The molecule has 0 bridgehead atoms. The van der Waals surface area contributed by atoms with Crippen LogP contribution in [0.4, 0.5) is 0 Å². The fourth-order valence-corrected chi connectivity index (χ4v) is 3.24. The van der Waals surface area contributed by atoms with Crippen LogP contribution in [0.25, 0.3) is 11.0 Å². The highest BCUT2D eigenvalue weighted by Crippen LogP contribution is 2.22. The van der Waals surface area contributed by atoms with Crippen LogP contribution in [0.1, 0.15) is 17.4 Å². The molecule has 3 nitrogen and oxygen atoms in total. The van der Waals surface area contributed by atoms with Crippen LogP contribution in [0.15, 0.2) is 48.5 Å². The van der Waals surface area contributed by atoms with Crippen LogP contribution in [0, 0.1) is 3.57 Å². The largest absolute Gasteiger partial charge is 0.331 e. The van der Waals surface area contributed by atoms with Gasteiger partial charge in [0.05, 0.1) is 11.0 Å². The molecule has 0 amide bonds. The van der Waals surface area contributed by atoms with Gasteiger partial charge in [-0.15, -0.1) is 0 Å². The quantitative estimate of drug-likeness (QED) is 0.688. The Morgan fingerprint density at radius 2 is 2.00 bits per heavy atom. The van der Waals surface area contributed by atoms with E-state index in [1.807, 2.05) is 13.1 Å². The van der Waals surface area contributed by atoms with E-state index >= 15 is 0 Å². The minimum Gasteiger partial charge on any atom is -0.331 e. The topological polar surface area (TPSA) is 29.9 Å². The fraction of sp³-hybridized carbons (Fsp3) is 0.235. The summed E-state index contributed by atoms with van der Waals surface area (Å²) in [5.41, 5.74) is 3.55. The predicted molar refractivity (Wildman–Crippen MR) is 95.4 cm³/mol. The van der Waals surface area contributed by atoms with Crippen LogP contribution in [-0.4, -0.2) is 16.6 Å². The Labute approximate surface area is 138 Å². The van der Waals surface area contributed by atoms with Gasteiger partial charge in [0, 0.05) is 23.1 Å². The van der Waals surface area contributed by atoms with E-state index < -0.39 is 0 Å². The van der Waals surface area contributed by atoms with E-state index in [-0.39, 0.29) is 6.04 Å². The van der Waals surface area contributed by atoms with Crippen LogP contribution in [-0.2, 0) is 13.5 Å². The normalized spacial score (nSPS) is 12.7. The van der Waals surface area contributed by atoms with Gasteiger partial charge in [-0.3, -0.25) is 0 Å². The minimum absolute atomic E-state index is 0.273. The number of hydrogen-bond acceptors (Lipinski definition) is 2. The summed E-state index contributed by atoms with van der Waals surface area (Å²) < 4.78 is 3.45. The third kappa shape index (κ3) is 2.96. The first-order chi connectivity index (χ1) is 10.2. The number of imidazole rings is 1. The molecule has 3 aromatic rings. The van der Waals surface area contributed by atoms with E-state index in [2.05, 4.69) is 82.0 Å². The molecule has 4 heteroatoms. The number of fused-ring (bicyclic) bond motifs is 1. The summed E-state index contributed by atoms with van der Waals surface area (Å²) in [6.45, 7) is 0. The molecular formula is C17H18IN3. The van der Waals surface area contributed by atoms with Gasteiger partial charge in [0.15, 0.2) is 0 Å². The van der Waals surface area contributed by atoms with Gasteiger partial charge in [-0.2, -0.15) is 0 Å². The lowest BCUT2D eigenvalue weighted by molar-refractivity contribution is 0.565. The molecule has 1 atom stereocenters. The molecule has 1 heterocycles. The van der Waals surface area contributed by atoms with Crippen molar-refractivity contribution in [1.29, 1.82) is 0 Å². The average molecular weight is 391 g/mol. The van der Waals surface area contributed by atoms with E-state index in [9.17, 15) is 0 Å². The second kappa shape index (κ2) is 6.15. The van der Waals surface area contributed by atoms with Gasteiger partial charge < -0.3 is 9.88 Å². The first kappa shape index (κ1) is 14.5. The Morgan fingerprint density at radius 3 is 2.71 bits per heavy atom. The zero-order chi connectivity index (χ0) is 14.8. The summed E-state index contributed by atoms with van der Waals surface area (Å²) >= 11 is 2.36. The van der Waals surface area contributed by atoms with Crippen LogP contribution in [0.2, 0.25) is 0 Å². The van der Waals surface area contributed by atoms with Crippen molar-refractivity contribution in [3.8, 4) is 0 Å². The first-order valence-electron chi connectivity index (χ1n) is 7.02. The lowest BCUT2D eigenvalue weighted by atomic mass is 10.0. The molecule has 0 saturated heterocycles. The van der Waals surface area contributed by atoms with Gasteiger partial charge in [0.2, 0.25) is 0 Å². The number of nitrogens with one attached hydrogen (secondary N) is 1. The van der Waals surface area contributed by atoms with Crippen molar-refractivity contribution in [1.82, 2.24) is 14.9 Å². The second-order valence-corrected chi connectivity index (χ2v) is 6.42. The van der Waals surface area contributed by atoms with Gasteiger partial charge in [-0.1, -0.05) is 24.3 Å². The number of hydrogen-bond donors (Lipinski definition) is 1. The molecule has 1 N–H and O–H groups in total. The molecule has 0 saturated carbocycles. The van der Waals surface area contributed by atoms with Crippen LogP contribution in [0.5, 0.6) is 0 Å². The number of aromatic nitrogens is 2. The molecule has 1 unspecified atom stereocenters. The summed E-state index contributed by atoms with van der Waals surface area (Å²) in [5.74, 6) is 1.11. The summed E-state index contributed by atoms with van der Waals surface area (Å²) in [7, 11) is 4.10. The van der Waals surface area contributed by atoms with Crippen molar-refractivity contribution in [2.75, 3.05) is 7.05 Å². The van der Waals surface area contributed by atoms with Gasteiger partial charge in [0.25, 0.3) is 0 Å². The van der Waals surface area contributed by atoms with Crippen LogP contribution in [0.3, 0.4) is 0 Å². The lowest BCUT2D eigenvalue weighted by Gasteiger charge is -2.16. The second-order valence-electron chi connectivity index (χ2n) is 5.18. The van der Waals surface area contributed by atoms with E-state index in [0.717, 1.165) is 17.8 Å². The van der Waals surface area contributed by atoms with Crippen molar-refractivity contribution in [2.45, 2.75) is 12.5 Å². The Balaban J connectivity index is 1.94. The van der Waals surface area contributed by atoms with Gasteiger partial charge in [-0.05, 0) is 59.5 Å². The summed E-state index contributed by atoms with van der Waals surface area (Å²) in [6.07, 6.45) is 0.877. The van der Waals surface area contributed by atoms with Gasteiger partial charge in [0.1, 0.15) is 5.82 Å². The molecule has 3 rings (SSSR count). The third-order valence-corrected chi connectivity index (χ3v) is 4.54. The first-order valence-corrected chi connectivity index (χ1v) is 8.10. The Kier molecular flexibility index (Phi) is 4.26. The van der Waals surface area contributed by atoms with E-state index in [0.29, 0.717) is 0 Å². The number of rotatable bonds is 4. The molecular weight excluding hydrogens is 373 g/mol. The predicted octanol–water partition coefficient (Wildman–Crippen LogP) is 3.68. The minimum atomic E-state index is 0.273. The zero-order valence-electron chi connectivity index (χ0n) is 12.2. The maximum absolute atomic E-state index is 4.77. The van der Waals surface area contributed by atoms with Crippen molar-refractivity contribution in [3.05, 3.63) is 63.5 Å². The summed E-state index contributed by atoms with van der Waals surface area (Å²) in [6, 6.07) is 17.2. The van der Waals surface area contributed by atoms with Gasteiger partial charge >= 0.3 is 0 Å². The Hall–Kier alpha value is -1.40. The number of likely N-dealkylation sites (N-methyl/N-ethyl adjacent to an activating group) is 1. The highest BCUT2D eigenvalue weighted by Gasteiger charge is 2.15. The lowest BCUT2D eigenvalue weighted by Crippen LogP contribution is -2.20. The molecule has 21 heavy (non-hydrogen) atoms. The van der Waals surface area contributed by atoms with E-state index in [1.54, 1.807) is 0 Å². The Bertz CT molecular complexity index is 764. The fourth-order valence-electron chi connectivity index (χ4n) is 2.67. The van der Waals surface area contributed by atoms with E-state index in [1.165, 1.54) is 14.7 Å². The highest BCUT2D eigenvalue weighted by atomic mass is 127. The highest BCUT2D eigenvalue weighted by molar-refractivity contribution is 14.1. The van der Waals surface area contributed by atoms with Crippen LogP contribution >= 0.6 is 22.6 Å². The number of aryl methyl sites for hydroxylation is 1. The molecule has 0 radical (unpaired) electrons. The zero-order valence-corrected chi connectivity index (χ0v) is 14.3. The number of halogens is 1. The average Bonchev–Trinajstić information content (AvgIpc) is 2.81. The SMILES string of the molecule is CNC(Cc1nc2ccccc2n1C)c1cccc(I)c1. The monoisotopic (exact) mass is 391 g/mol. The Morgan fingerprint density at radius 1 is 1.19 bits per heavy atom. The summed E-state index contributed by atoms with van der Waals surface area (Å²) in [4.78, 5) is 4.77. The van der Waals surface area contributed by atoms with Gasteiger partial charge in [-0.25, -0.2) is 4.98 Å². The molecule has 0 spiro atoms. The molecule has 0 fully saturated rings. The van der Waals surface area contributed by atoms with Crippen molar-refractivity contribution >= 4 is 33.6 Å². The molecule has 0 aliphatic rings. The molecule has 0 aliphatic heterocycles. The maximum atomic E-state index is 4.77. The number of benzene rings is 2. The van der Waals surface area contributed by atoms with Crippen molar-refractivity contribution in [2.24, 2.45) is 7.05 Å². The maximum Gasteiger partial charge on any atom is 0.111 e. The van der Waals surface area contributed by atoms with Crippen LogP contribution < -0.4 is 5.32 Å². The standard InChI is InChI=1S/C17H18IN3/c1-19-15(12-6-5-7-13(18)10-12)11-17-20-14-8-3-4-9-16(14)21(17)2/h3-10,15,19H,11H2,1-2H3. The molecule has 2 aromatic carbocycles. The van der Waals surface area contributed by atoms with Crippen molar-refractivity contribution in [3.63, 3.8) is 0 Å². The molecule has 0 aliphatic carbocycles. The summed E-state index contributed by atoms with van der Waals surface area (Å²) in [5, 5.41) is 3.41. The number of para-hydroxylation sites is 2.